The molecule has 0 saturated heterocycles. The van der Waals surface area contributed by atoms with Crippen molar-refractivity contribution < 1.29 is 80.2 Å². The number of carbonyl (C=O) groups excluding carboxylic acids is 4. The number of phosphoric acid groups is 2. The third-order valence-electron chi connectivity index (χ3n) is 17.2. The van der Waals surface area contributed by atoms with Crippen LogP contribution in [0.2, 0.25) is 0 Å². The Hall–Kier alpha value is -2.46. The van der Waals surface area contributed by atoms with E-state index in [0.717, 1.165) is 116 Å². The number of carbonyl (C=O) groups is 4. The number of aliphatic hydroxyl groups excluding tert-OH is 1. The molecule has 0 aliphatic carbocycles. The van der Waals surface area contributed by atoms with Gasteiger partial charge in [-0.3, -0.25) is 37.3 Å². The maximum Gasteiger partial charge on any atom is 0.472 e. The van der Waals surface area contributed by atoms with Gasteiger partial charge in [0.2, 0.25) is 0 Å². The van der Waals surface area contributed by atoms with Crippen LogP contribution in [0.5, 0.6) is 0 Å². The molecule has 0 radical (unpaired) electrons. The van der Waals surface area contributed by atoms with Crippen LogP contribution >= 0.6 is 15.6 Å². The topological polar surface area (TPSA) is 237 Å². The van der Waals surface area contributed by atoms with Gasteiger partial charge in [0.05, 0.1) is 26.4 Å². The Balaban J connectivity index is 5.20. The van der Waals surface area contributed by atoms with Crippen molar-refractivity contribution >= 4 is 39.5 Å². The van der Waals surface area contributed by atoms with Gasteiger partial charge in [-0.2, -0.15) is 0 Å². The molecule has 0 rings (SSSR count). The Bertz CT molecular complexity index is 1900. The summed E-state index contributed by atoms with van der Waals surface area (Å²) in [5, 5.41) is 10.6. The molecule has 0 aromatic carbocycles. The van der Waals surface area contributed by atoms with Crippen molar-refractivity contribution in [3.8, 4) is 0 Å². The molecule has 17 nitrogen and oxygen atoms in total. The Morgan fingerprint density at radius 2 is 0.505 bits per heavy atom. The van der Waals surface area contributed by atoms with E-state index in [0.29, 0.717) is 25.7 Å². The number of hydrogen-bond acceptors (Lipinski definition) is 15. The third kappa shape index (κ3) is 69.8. The predicted molar refractivity (Wildman–Crippen MR) is 386 cm³/mol. The summed E-state index contributed by atoms with van der Waals surface area (Å²) in [6.45, 7) is 4.88. The normalized spacial score (nSPS) is 14.1. The first kappa shape index (κ1) is 92.5. The molecule has 3 N–H and O–H groups in total. The monoisotopic (exact) mass is 1390 g/mol. The fourth-order valence-electron chi connectivity index (χ4n) is 11.2. The van der Waals surface area contributed by atoms with E-state index in [2.05, 4.69) is 52.0 Å². The summed E-state index contributed by atoms with van der Waals surface area (Å²) >= 11 is 0. The molecule has 0 bridgehead atoms. The Morgan fingerprint density at radius 3 is 0.768 bits per heavy atom. The van der Waals surface area contributed by atoms with E-state index >= 15 is 0 Å². The molecule has 0 aliphatic rings. The van der Waals surface area contributed by atoms with Crippen molar-refractivity contribution in [2.45, 2.75) is 399 Å². The lowest BCUT2D eigenvalue weighted by molar-refractivity contribution is -0.161. The van der Waals surface area contributed by atoms with Gasteiger partial charge >= 0.3 is 39.5 Å². The molecule has 19 heteroatoms. The molecule has 0 aromatic rings. The largest absolute Gasteiger partial charge is 0.472 e. The highest BCUT2D eigenvalue weighted by molar-refractivity contribution is 7.47. The number of esters is 4. The van der Waals surface area contributed by atoms with Gasteiger partial charge in [-0.15, -0.1) is 0 Å². The van der Waals surface area contributed by atoms with Gasteiger partial charge in [0.25, 0.3) is 0 Å². The van der Waals surface area contributed by atoms with Crippen LogP contribution in [0.4, 0.5) is 0 Å². The van der Waals surface area contributed by atoms with Crippen LogP contribution in [0.1, 0.15) is 381 Å². The number of unbranched alkanes of at least 4 members (excludes halogenated alkanes) is 46. The zero-order valence-corrected chi connectivity index (χ0v) is 62.9. The first-order chi connectivity index (χ1) is 46.2. The van der Waals surface area contributed by atoms with Gasteiger partial charge in [0.15, 0.2) is 12.2 Å². The van der Waals surface area contributed by atoms with Crippen LogP contribution in [-0.2, 0) is 65.4 Å². The fourth-order valence-corrected chi connectivity index (χ4v) is 12.8. The smallest absolute Gasteiger partial charge is 0.462 e. The van der Waals surface area contributed by atoms with Crippen LogP contribution in [0.15, 0.2) is 24.3 Å². The molecule has 0 heterocycles. The zero-order valence-electron chi connectivity index (χ0n) is 61.1. The van der Waals surface area contributed by atoms with Gasteiger partial charge in [-0.25, -0.2) is 9.13 Å². The minimum atomic E-state index is -4.96. The molecule has 0 spiro atoms. The van der Waals surface area contributed by atoms with Gasteiger partial charge < -0.3 is 33.8 Å². The van der Waals surface area contributed by atoms with Crippen LogP contribution < -0.4 is 0 Å². The van der Waals surface area contributed by atoms with Crippen molar-refractivity contribution in [1.82, 2.24) is 0 Å². The molecular weight excluding hydrogens is 1250 g/mol. The van der Waals surface area contributed by atoms with Gasteiger partial charge in [0, 0.05) is 25.7 Å². The van der Waals surface area contributed by atoms with Gasteiger partial charge in [-0.05, 0) is 51.4 Å². The Morgan fingerprint density at radius 1 is 0.295 bits per heavy atom. The minimum absolute atomic E-state index is 0.102. The van der Waals surface area contributed by atoms with E-state index in [1.165, 1.54) is 186 Å². The molecule has 560 valence electrons. The molecule has 5 atom stereocenters. The molecule has 95 heavy (non-hydrogen) atoms. The highest BCUT2D eigenvalue weighted by atomic mass is 31.2. The summed E-state index contributed by atoms with van der Waals surface area (Å²) in [6.07, 6.45) is 63.4. The van der Waals surface area contributed by atoms with Crippen LogP contribution in [0, 0.1) is 0 Å². The third-order valence-corrected chi connectivity index (χ3v) is 19.1. The van der Waals surface area contributed by atoms with E-state index in [9.17, 15) is 43.2 Å². The minimum Gasteiger partial charge on any atom is -0.462 e. The lowest BCUT2D eigenvalue weighted by atomic mass is 10.0. The molecule has 0 aromatic heterocycles. The van der Waals surface area contributed by atoms with Crippen molar-refractivity contribution in [3.05, 3.63) is 24.3 Å². The number of aliphatic hydroxyl groups is 1. The standard InChI is InChI=1S/C76H144O17P2/c1-5-9-13-17-21-25-28-30-32-33-34-35-36-37-39-41-44-47-51-55-59-63-76(81)93-72(67-87-74(79)61-57-53-49-45-43-40-38-31-29-26-22-18-14-10-6-2)69-91-95(84,85)89-65-70(77)64-88-94(82,83)90-68-71(66-86-73(78)60-56-52-48-24-20-16-12-8-4)92-75(80)62-58-54-50-46-42-27-23-19-15-11-7-3/h26,29,31,38,70-72,77H,5-25,27-28,30,32-37,39-69H2,1-4H3,(H,82,83)(H,84,85)/b29-26-,38-31-/t70-,71+,72+/m0/s1. The fraction of sp³-hybridized carbons (Fsp3) is 0.895. The molecule has 2 unspecified atom stereocenters. The molecular formula is C76H144O17P2. The van der Waals surface area contributed by atoms with Crippen molar-refractivity contribution in [2.24, 2.45) is 0 Å². The van der Waals surface area contributed by atoms with E-state index in [-0.39, 0.29) is 25.7 Å². The summed E-state index contributed by atoms with van der Waals surface area (Å²) in [5.74, 6) is -2.15. The number of hydrogen-bond donors (Lipinski definition) is 3. The molecule has 0 amide bonds. The first-order valence-corrected chi connectivity index (χ1v) is 42.1. The average molecular weight is 1390 g/mol. The van der Waals surface area contributed by atoms with E-state index < -0.39 is 97.5 Å². The second kappa shape index (κ2) is 70.0. The molecule has 0 fully saturated rings. The Kier molecular flexibility index (Phi) is 68.2. The Labute approximate surface area is 580 Å². The summed E-state index contributed by atoms with van der Waals surface area (Å²) in [4.78, 5) is 72.6. The lowest BCUT2D eigenvalue weighted by Gasteiger charge is -2.21. The highest BCUT2D eigenvalue weighted by Crippen LogP contribution is 2.45. The average Bonchev–Trinajstić information content (AvgIpc) is 1.72. The van der Waals surface area contributed by atoms with Crippen molar-refractivity contribution in [3.63, 3.8) is 0 Å². The molecule has 0 saturated carbocycles. The SMILES string of the molecule is CCCCCC/C=C\C=C/CCCCCCCC(=O)OC[C@H](COP(=O)(O)OC[C@@H](O)COP(=O)(O)OC[C@@H](COC(=O)CCCCCCCCCC)OC(=O)CCCCCCCCCCCCC)OC(=O)CCCCCCCCCCCCCCCCCCCCCCC. The van der Waals surface area contributed by atoms with Gasteiger partial charge in [0.1, 0.15) is 19.3 Å². The lowest BCUT2D eigenvalue weighted by Crippen LogP contribution is -2.30. The zero-order chi connectivity index (χ0) is 69.7. The number of ether oxygens (including phenoxy) is 4. The maximum atomic E-state index is 13.1. The quantitative estimate of drug-likeness (QED) is 0.0169. The summed E-state index contributed by atoms with van der Waals surface area (Å²) < 4.78 is 68.4. The van der Waals surface area contributed by atoms with Crippen molar-refractivity contribution in [2.75, 3.05) is 39.6 Å². The predicted octanol–water partition coefficient (Wildman–Crippen LogP) is 22.2. The maximum absolute atomic E-state index is 13.1. The van der Waals surface area contributed by atoms with Gasteiger partial charge in [-0.1, -0.05) is 328 Å². The van der Waals surface area contributed by atoms with Crippen LogP contribution in [0.25, 0.3) is 0 Å². The van der Waals surface area contributed by atoms with Crippen LogP contribution in [0.3, 0.4) is 0 Å². The van der Waals surface area contributed by atoms with E-state index in [1.807, 2.05) is 0 Å². The first-order valence-electron chi connectivity index (χ1n) is 39.1. The number of rotatable bonds is 75. The van der Waals surface area contributed by atoms with E-state index in [1.54, 1.807) is 0 Å². The summed E-state index contributed by atoms with van der Waals surface area (Å²) in [6, 6.07) is 0. The number of allylic oxidation sites excluding steroid dienone is 4. The van der Waals surface area contributed by atoms with E-state index in [4.69, 9.17) is 37.0 Å². The second-order valence-electron chi connectivity index (χ2n) is 26.7. The molecule has 0 aliphatic heterocycles. The number of phosphoric ester groups is 2. The van der Waals surface area contributed by atoms with Crippen molar-refractivity contribution in [1.29, 1.82) is 0 Å². The second-order valence-corrected chi connectivity index (χ2v) is 29.6. The summed E-state index contributed by atoms with van der Waals surface area (Å²) in [5.41, 5.74) is 0. The van der Waals surface area contributed by atoms with Crippen LogP contribution in [-0.4, -0.2) is 96.7 Å². The highest BCUT2D eigenvalue weighted by Gasteiger charge is 2.30. The summed E-state index contributed by atoms with van der Waals surface area (Å²) in [7, 11) is -9.91.